The number of nitrogens with zero attached hydrogens (tertiary/aromatic N) is 1. The summed E-state index contributed by atoms with van der Waals surface area (Å²) in [4.78, 5) is 28.9. The summed E-state index contributed by atoms with van der Waals surface area (Å²) in [6.07, 6.45) is 2.35. The third-order valence-electron chi connectivity index (χ3n) is 4.15. The summed E-state index contributed by atoms with van der Waals surface area (Å²) in [5, 5.41) is 5.60. The minimum Gasteiger partial charge on any atom is -0.497 e. The number of ether oxygens (including phenoxy) is 1. The number of hydrogen-bond acceptors (Lipinski definition) is 4. The maximum absolute atomic E-state index is 12.4. The van der Waals surface area contributed by atoms with Crippen molar-refractivity contribution in [2.45, 2.75) is 26.8 Å². The molecule has 0 aliphatic carbocycles. The first kappa shape index (κ1) is 19.4. The summed E-state index contributed by atoms with van der Waals surface area (Å²) >= 11 is 0. The Balaban J connectivity index is 1.80. The Morgan fingerprint density at radius 3 is 2.35 bits per heavy atom. The van der Waals surface area contributed by atoms with Crippen LogP contribution >= 0.6 is 0 Å². The smallest absolute Gasteiger partial charge is 0.235 e. The van der Waals surface area contributed by atoms with Gasteiger partial charge in [0.15, 0.2) is 0 Å². The molecule has 26 heavy (non-hydrogen) atoms. The van der Waals surface area contributed by atoms with Crippen LogP contribution in [-0.4, -0.2) is 30.5 Å². The average molecular weight is 355 g/mol. The maximum atomic E-state index is 12.4. The van der Waals surface area contributed by atoms with Crippen molar-refractivity contribution >= 4 is 11.8 Å². The van der Waals surface area contributed by atoms with E-state index in [0.717, 1.165) is 17.0 Å². The molecule has 2 rings (SSSR count). The summed E-state index contributed by atoms with van der Waals surface area (Å²) in [7, 11) is 1.62. The molecule has 0 aliphatic rings. The van der Waals surface area contributed by atoms with E-state index in [-0.39, 0.29) is 11.8 Å². The average Bonchev–Trinajstić information content (AvgIpc) is 2.67. The Labute approximate surface area is 154 Å². The Kier molecular flexibility index (Phi) is 6.72. The number of hydrogen-bond donors (Lipinski definition) is 2. The second-order valence-corrected chi connectivity index (χ2v) is 6.48. The lowest BCUT2D eigenvalue weighted by atomic mass is 9.91. The van der Waals surface area contributed by atoms with Crippen molar-refractivity contribution < 1.29 is 14.3 Å². The van der Waals surface area contributed by atoms with Crippen LogP contribution in [0.25, 0.3) is 0 Å². The number of aromatic nitrogens is 1. The first-order valence-corrected chi connectivity index (χ1v) is 8.53. The van der Waals surface area contributed by atoms with Gasteiger partial charge in [0.25, 0.3) is 0 Å². The Morgan fingerprint density at radius 2 is 1.73 bits per heavy atom. The fourth-order valence-corrected chi connectivity index (χ4v) is 2.33. The molecule has 0 saturated heterocycles. The van der Waals surface area contributed by atoms with Crippen molar-refractivity contribution in [3.8, 4) is 5.75 Å². The number of pyridine rings is 1. The van der Waals surface area contributed by atoms with Gasteiger partial charge in [-0.25, -0.2) is 0 Å². The van der Waals surface area contributed by atoms with E-state index in [1.165, 1.54) is 0 Å². The van der Waals surface area contributed by atoms with Gasteiger partial charge in [-0.15, -0.1) is 0 Å². The van der Waals surface area contributed by atoms with E-state index >= 15 is 0 Å². The predicted octanol–water partition coefficient (Wildman–Crippen LogP) is 2.09. The zero-order chi connectivity index (χ0) is 19.0. The molecule has 0 atom stereocenters. The van der Waals surface area contributed by atoms with Crippen LogP contribution in [0.1, 0.15) is 25.1 Å². The number of carbonyl (C=O) groups is 2. The van der Waals surface area contributed by atoms with Crippen molar-refractivity contribution in [1.82, 2.24) is 15.6 Å². The number of benzene rings is 1. The van der Waals surface area contributed by atoms with Gasteiger partial charge in [-0.2, -0.15) is 0 Å². The van der Waals surface area contributed by atoms with E-state index in [2.05, 4.69) is 15.6 Å². The molecule has 2 amide bonds. The van der Waals surface area contributed by atoms with E-state index in [0.29, 0.717) is 19.5 Å². The monoisotopic (exact) mass is 355 g/mol. The highest BCUT2D eigenvalue weighted by Gasteiger charge is 2.35. The molecular formula is C20H25N3O3. The Bertz CT molecular complexity index is 728. The molecule has 1 aromatic heterocycles. The first-order chi connectivity index (χ1) is 12.4. The lowest BCUT2D eigenvalue weighted by Gasteiger charge is -2.22. The summed E-state index contributed by atoms with van der Waals surface area (Å²) in [6.45, 7) is 3.98. The quantitative estimate of drug-likeness (QED) is 0.711. The molecule has 2 N–H and O–H groups in total. The van der Waals surface area contributed by atoms with Gasteiger partial charge < -0.3 is 15.4 Å². The van der Waals surface area contributed by atoms with Crippen LogP contribution in [-0.2, 0) is 22.6 Å². The van der Waals surface area contributed by atoms with Crippen LogP contribution in [0.15, 0.2) is 48.7 Å². The zero-order valence-corrected chi connectivity index (χ0v) is 15.4. The van der Waals surface area contributed by atoms with Gasteiger partial charge in [-0.1, -0.05) is 18.2 Å². The molecule has 0 saturated carbocycles. The maximum Gasteiger partial charge on any atom is 0.235 e. The Morgan fingerprint density at radius 1 is 1.04 bits per heavy atom. The highest BCUT2D eigenvalue weighted by atomic mass is 16.5. The fourth-order valence-electron chi connectivity index (χ4n) is 2.33. The summed E-state index contributed by atoms with van der Waals surface area (Å²) in [5.41, 5.74) is 0.675. The molecule has 1 heterocycles. The number of carbonyl (C=O) groups excluding carboxylic acids is 2. The van der Waals surface area contributed by atoms with Gasteiger partial charge in [0, 0.05) is 12.7 Å². The summed E-state index contributed by atoms with van der Waals surface area (Å²) in [5.74, 6) is 0.165. The third-order valence-corrected chi connectivity index (χ3v) is 4.15. The number of amides is 2. The highest BCUT2D eigenvalue weighted by molar-refractivity contribution is 6.04. The molecule has 0 unspecified atom stereocenters. The van der Waals surface area contributed by atoms with Crippen LogP contribution in [0.4, 0.5) is 0 Å². The van der Waals surface area contributed by atoms with Crippen LogP contribution in [0.3, 0.4) is 0 Å². The minimum absolute atomic E-state index is 0.294. The third kappa shape index (κ3) is 5.31. The van der Waals surface area contributed by atoms with Gasteiger partial charge >= 0.3 is 0 Å². The standard InChI is InChI=1S/C20H25N3O3/c1-20(2,19(25)23-14-16-6-4-5-12-21-16)18(24)22-13-11-15-7-9-17(26-3)10-8-15/h4-10,12H,11,13-14H2,1-3H3,(H,22,24)(H,23,25). The van der Waals surface area contributed by atoms with Crippen molar-refractivity contribution in [2.75, 3.05) is 13.7 Å². The van der Waals surface area contributed by atoms with Crippen molar-refractivity contribution in [2.24, 2.45) is 5.41 Å². The molecular weight excluding hydrogens is 330 g/mol. The van der Waals surface area contributed by atoms with Crippen LogP contribution in [0.5, 0.6) is 5.75 Å². The van der Waals surface area contributed by atoms with Crippen LogP contribution in [0.2, 0.25) is 0 Å². The van der Waals surface area contributed by atoms with Gasteiger partial charge in [-0.3, -0.25) is 14.6 Å². The molecule has 0 radical (unpaired) electrons. The van der Waals surface area contributed by atoms with Crippen molar-refractivity contribution in [3.63, 3.8) is 0 Å². The molecule has 0 spiro atoms. The topological polar surface area (TPSA) is 80.3 Å². The van der Waals surface area contributed by atoms with E-state index in [9.17, 15) is 9.59 Å². The molecule has 2 aromatic rings. The molecule has 1 aromatic carbocycles. The molecule has 6 heteroatoms. The van der Waals surface area contributed by atoms with Gasteiger partial charge in [0.1, 0.15) is 11.2 Å². The second kappa shape index (κ2) is 8.99. The van der Waals surface area contributed by atoms with Crippen molar-refractivity contribution in [3.05, 3.63) is 59.9 Å². The van der Waals surface area contributed by atoms with Gasteiger partial charge in [0.05, 0.1) is 19.3 Å². The molecule has 0 aliphatic heterocycles. The predicted molar refractivity (Wildman–Crippen MR) is 99.6 cm³/mol. The number of rotatable bonds is 8. The molecule has 138 valence electrons. The normalized spacial score (nSPS) is 10.9. The van der Waals surface area contributed by atoms with Crippen molar-refractivity contribution in [1.29, 1.82) is 0 Å². The van der Waals surface area contributed by atoms with E-state index in [4.69, 9.17) is 4.74 Å². The number of nitrogens with one attached hydrogen (secondary N) is 2. The van der Waals surface area contributed by atoms with Gasteiger partial charge in [-0.05, 0) is 50.1 Å². The van der Waals surface area contributed by atoms with Gasteiger partial charge in [0.2, 0.25) is 11.8 Å². The first-order valence-electron chi connectivity index (χ1n) is 8.53. The summed E-state index contributed by atoms with van der Waals surface area (Å²) in [6, 6.07) is 13.2. The fraction of sp³-hybridized carbons (Fsp3) is 0.350. The molecule has 6 nitrogen and oxygen atoms in total. The number of methoxy groups -OCH3 is 1. The zero-order valence-electron chi connectivity index (χ0n) is 15.4. The van der Waals surface area contributed by atoms with E-state index < -0.39 is 5.41 Å². The Hall–Kier alpha value is -2.89. The van der Waals surface area contributed by atoms with Crippen LogP contribution in [0, 0.1) is 5.41 Å². The van der Waals surface area contributed by atoms with E-state index in [1.807, 2.05) is 42.5 Å². The molecule has 0 fully saturated rings. The van der Waals surface area contributed by atoms with Crippen LogP contribution < -0.4 is 15.4 Å². The second-order valence-electron chi connectivity index (χ2n) is 6.48. The van der Waals surface area contributed by atoms with E-state index in [1.54, 1.807) is 27.2 Å². The summed E-state index contributed by atoms with van der Waals surface area (Å²) < 4.78 is 5.12. The molecule has 0 bridgehead atoms. The SMILES string of the molecule is COc1ccc(CCNC(=O)C(C)(C)C(=O)NCc2ccccn2)cc1. The largest absolute Gasteiger partial charge is 0.497 e. The lowest BCUT2D eigenvalue weighted by Crippen LogP contribution is -2.48. The highest BCUT2D eigenvalue weighted by Crippen LogP contribution is 2.16. The lowest BCUT2D eigenvalue weighted by molar-refractivity contribution is -0.141. The minimum atomic E-state index is -1.16.